The van der Waals surface area contributed by atoms with Crippen LogP contribution in [0.3, 0.4) is 0 Å². The lowest BCUT2D eigenvalue weighted by molar-refractivity contribution is -0.0000240. The standard InChI is InChI=1S/C13H16FNO2.ClH/c14-12-3-1-11(2-4-12)13(16)17-9-10-5-7-15-8-6-10;/h1-4,10,15H,5-9H2;1H/p-1. The van der Waals surface area contributed by atoms with Crippen LogP contribution in [0.25, 0.3) is 0 Å². The van der Waals surface area contributed by atoms with E-state index in [4.69, 9.17) is 4.74 Å². The minimum Gasteiger partial charge on any atom is -1.00 e. The minimum absolute atomic E-state index is 0. The highest BCUT2D eigenvalue weighted by molar-refractivity contribution is 5.89. The third-order valence-corrected chi connectivity index (χ3v) is 2.99. The first-order chi connectivity index (χ1) is 8.25. The Hall–Kier alpha value is -1.13. The molecule has 1 fully saturated rings. The molecule has 2 rings (SSSR count). The molecule has 0 saturated carbocycles. The van der Waals surface area contributed by atoms with E-state index >= 15 is 0 Å². The largest absolute Gasteiger partial charge is 1.00 e. The lowest BCUT2D eigenvalue weighted by Gasteiger charge is -2.22. The number of hydrogen-bond acceptors (Lipinski definition) is 3. The van der Waals surface area contributed by atoms with Crippen molar-refractivity contribution >= 4 is 5.97 Å². The highest BCUT2D eigenvalue weighted by Crippen LogP contribution is 2.13. The molecule has 0 aliphatic carbocycles. The number of piperidine rings is 1. The van der Waals surface area contributed by atoms with Crippen LogP contribution < -0.4 is 17.7 Å². The number of carbonyl (C=O) groups excluding carboxylic acids is 1. The normalized spacial score (nSPS) is 15.8. The molecule has 1 N–H and O–H groups in total. The van der Waals surface area contributed by atoms with Gasteiger partial charge in [0.2, 0.25) is 0 Å². The van der Waals surface area contributed by atoms with E-state index in [2.05, 4.69) is 5.32 Å². The number of hydrogen-bond donors (Lipinski definition) is 1. The molecule has 1 aliphatic heterocycles. The van der Waals surface area contributed by atoms with Gasteiger partial charge < -0.3 is 22.5 Å². The number of rotatable bonds is 3. The highest BCUT2D eigenvalue weighted by Gasteiger charge is 2.15. The van der Waals surface area contributed by atoms with Gasteiger partial charge in [0, 0.05) is 0 Å². The van der Waals surface area contributed by atoms with Crippen molar-refractivity contribution in [2.24, 2.45) is 5.92 Å². The first-order valence-electron chi connectivity index (χ1n) is 5.89. The molecule has 18 heavy (non-hydrogen) atoms. The van der Waals surface area contributed by atoms with Crippen LogP contribution in [0, 0.1) is 11.7 Å². The summed E-state index contributed by atoms with van der Waals surface area (Å²) in [6.45, 7) is 2.43. The average Bonchev–Trinajstić information content (AvgIpc) is 2.38. The van der Waals surface area contributed by atoms with Crippen molar-refractivity contribution < 1.29 is 26.3 Å². The molecule has 3 nitrogen and oxygen atoms in total. The van der Waals surface area contributed by atoms with Crippen LogP contribution in [-0.4, -0.2) is 25.7 Å². The van der Waals surface area contributed by atoms with Gasteiger partial charge in [-0.25, -0.2) is 9.18 Å². The quantitative estimate of drug-likeness (QED) is 0.717. The van der Waals surface area contributed by atoms with Gasteiger partial charge in [-0.05, 0) is 56.1 Å². The van der Waals surface area contributed by atoms with E-state index < -0.39 is 0 Å². The Bertz CT molecular complexity index is 377. The van der Waals surface area contributed by atoms with Crippen molar-refractivity contribution in [2.75, 3.05) is 19.7 Å². The van der Waals surface area contributed by atoms with Crippen molar-refractivity contribution in [1.29, 1.82) is 0 Å². The Labute approximate surface area is 112 Å². The van der Waals surface area contributed by atoms with E-state index in [-0.39, 0.29) is 24.2 Å². The Balaban J connectivity index is 0.00000162. The zero-order valence-corrected chi connectivity index (χ0v) is 10.8. The van der Waals surface area contributed by atoms with Crippen molar-refractivity contribution in [3.63, 3.8) is 0 Å². The van der Waals surface area contributed by atoms with Gasteiger partial charge in [0.25, 0.3) is 0 Å². The summed E-state index contributed by atoms with van der Waals surface area (Å²) in [6.07, 6.45) is 2.08. The molecule has 0 unspecified atom stereocenters. The summed E-state index contributed by atoms with van der Waals surface area (Å²) in [5.41, 5.74) is 0.403. The number of ether oxygens (including phenoxy) is 1. The van der Waals surface area contributed by atoms with Crippen LogP contribution in [-0.2, 0) is 4.74 Å². The maximum atomic E-state index is 12.7. The molecule has 1 aliphatic rings. The Kier molecular flexibility index (Phi) is 6.09. The monoisotopic (exact) mass is 272 g/mol. The van der Waals surface area contributed by atoms with Crippen LogP contribution in [0.2, 0.25) is 0 Å². The molecule has 0 spiro atoms. The third-order valence-electron chi connectivity index (χ3n) is 2.99. The van der Waals surface area contributed by atoms with Gasteiger partial charge in [-0.3, -0.25) is 0 Å². The van der Waals surface area contributed by atoms with E-state index in [1.54, 1.807) is 0 Å². The van der Waals surface area contributed by atoms with Crippen LogP contribution in [0.4, 0.5) is 4.39 Å². The number of esters is 1. The van der Waals surface area contributed by atoms with Crippen LogP contribution in [0.15, 0.2) is 24.3 Å². The predicted molar refractivity (Wildman–Crippen MR) is 62.3 cm³/mol. The second kappa shape index (κ2) is 7.34. The van der Waals surface area contributed by atoms with Crippen molar-refractivity contribution in [1.82, 2.24) is 5.32 Å². The van der Waals surface area contributed by atoms with Gasteiger partial charge in [0.15, 0.2) is 0 Å². The number of benzene rings is 1. The van der Waals surface area contributed by atoms with Gasteiger partial charge in [-0.1, -0.05) is 0 Å². The maximum Gasteiger partial charge on any atom is 0.338 e. The number of nitrogens with one attached hydrogen (secondary N) is 1. The smallest absolute Gasteiger partial charge is 0.338 e. The molecular formula is C13H16ClFNO2-. The minimum atomic E-state index is -0.372. The van der Waals surface area contributed by atoms with Crippen LogP contribution in [0.5, 0.6) is 0 Å². The highest BCUT2D eigenvalue weighted by atomic mass is 35.5. The van der Waals surface area contributed by atoms with E-state index in [1.807, 2.05) is 0 Å². The second-order valence-corrected chi connectivity index (χ2v) is 4.30. The van der Waals surface area contributed by atoms with Crippen molar-refractivity contribution in [2.45, 2.75) is 12.8 Å². The summed E-state index contributed by atoms with van der Waals surface area (Å²) in [5.74, 6) is -0.274. The van der Waals surface area contributed by atoms with E-state index in [0.29, 0.717) is 18.1 Å². The van der Waals surface area contributed by atoms with Gasteiger partial charge in [0.1, 0.15) is 5.82 Å². The van der Waals surface area contributed by atoms with Gasteiger partial charge in [-0.15, -0.1) is 0 Å². The summed E-state index contributed by atoms with van der Waals surface area (Å²) in [4.78, 5) is 11.6. The van der Waals surface area contributed by atoms with Gasteiger partial charge in [0.05, 0.1) is 12.2 Å². The molecule has 0 aromatic heterocycles. The Morgan fingerprint density at radius 3 is 2.50 bits per heavy atom. The number of halogens is 2. The average molecular weight is 273 g/mol. The van der Waals surface area contributed by atoms with E-state index in [0.717, 1.165) is 25.9 Å². The molecule has 1 aromatic rings. The summed E-state index contributed by atoms with van der Waals surface area (Å²) < 4.78 is 17.9. The molecule has 1 saturated heterocycles. The molecule has 100 valence electrons. The molecule has 0 radical (unpaired) electrons. The van der Waals surface area contributed by atoms with Crippen LogP contribution >= 0.6 is 0 Å². The Morgan fingerprint density at radius 1 is 1.28 bits per heavy atom. The first-order valence-corrected chi connectivity index (χ1v) is 5.89. The Morgan fingerprint density at radius 2 is 1.89 bits per heavy atom. The zero-order valence-electron chi connectivity index (χ0n) is 9.99. The van der Waals surface area contributed by atoms with E-state index in [1.165, 1.54) is 24.3 Å². The fraction of sp³-hybridized carbons (Fsp3) is 0.462. The summed E-state index contributed by atoms with van der Waals surface area (Å²) in [5, 5.41) is 3.26. The molecule has 1 aromatic carbocycles. The summed E-state index contributed by atoms with van der Waals surface area (Å²) in [6, 6.07) is 5.42. The summed E-state index contributed by atoms with van der Waals surface area (Å²) in [7, 11) is 0. The summed E-state index contributed by atoms with van der Waals surface area (Å²) >= 11 is 0. The molecule has 5 heteroatoms. The molecule has 1 heterocycles. The predicted octanol–water partition coefficient (Wildman–Crippen LogP) is -1.01. The lowest BCUT2D eigenvalue weighted by Crippen LogP contribution is -3.00. The fourth-order valence-corrected chi connectivity index (χ4v) is 1.91. The van der Waals surface area contributed by atoms with E-state index in [9.17, 15) is 9.18 Å². The molecule has 0 amide bonds. The molecule has 0 bridgehead atoms. The first kappa shape index (κ1) is 14.9. The topological polar surface area (TPSA) is 38.3 Å². The SMILES string of the molecule is O=C(OCC1CCNCC1)c1ccc(F)cc1.[Cl-]. The fourth-order valence-electron chi connectivity index (χ4n) is 1.91. The van der Waals surface area contributed by atoms with Crippen molar-refractivity contribution in [3.05, 3.63) is 35.6 Å². The van der Waals surface area contributed by atoms with Crippen LogP contribution in [0.1, 0.15) is 23.2 Å². The van der Waals surface area contributed by atoms with Crippen molar-refractivity contribution in [3.8, 4) is 0 Å². The third kappa shape index (κ3) is 4.27. The maximum absolute atomic E-state index is 12.7. The number of carbonyl (C=O) groups is 1. The second-order valence-electron chi connectivity index (χ2n) is 4.30. The zero-order chi connectivity index (χ0) is 12.1. The van der Waals surface area contributed by atoms with Gasteiger partial charge in [-0.2, -0.15) is 0 Å². The molecular weight excluding hydrogens is 257 g/mol. The lowest BCUT2D eigenvalue weighted by atomic mass is 9.99. The van der Waals surface area contributed by atoms with Gasteiger partial charge >= 0.3 is 5.97 Å². The molecule has 0 atom stereocenters.